The van der Waals surface area contributed by atoms with Crippen molar-refractivity contribution >= 4 is 22.1 Å². The molecule has 0 saturated heterocycles. The zero-order valence-corrected chi connectivity index (χ0v) is 19.5. The smallest absolute Gasteiger partial charge is 0.145 e. The first-order valence-corrected chi connectivity index (χ1v) is 12.0. The van der Waals surface area contributed by atoms with Gasteiger partial charge in [0.15, 0.2) is 0 Å². The first-order chi connectivity index (χ1) is 17.9. The third-order valence-electron chi connectivity index (χ3n) is 6.63. The molecule has 0 bridgehead atoms. The maximum absolute atomic E-state index is 5.04. The Labute approximate surface area is 208 Å². The Kier molecular flexibility index (Phi) is 4.74. The molecule has 170 valence electrons. The second-order valence-electron chi connectivity index (χ2n) is 8.80. The van der Waals surface area contributed by atoms with Gasteiger partial charge in [0.2, 0.25) is 0 Å². The van der Waals surface area contributed by atoms with Crippen molar-refractivity contribution in [1.82, 2.24) is 19.1 Å². The van der Waals surface area contributed by atoms with Gasteiger partial charge in [-0.1, -0.05) is 84.9 Å². The summed E-state index contributed by atoms with van der Waals surface area (Å²) >= 11 is 0. The fourth-order valence-corrected chi connectivity index (χ4v) is 4.95. The first-order valence-electron chi connectivity index (χ1n) is 12.0. The van der Waals surface area contributed by atoms with Gasteiger partial charge in [0.1, 0.15) is 12.2 Å². The van der Waals surface area contributed by atoms with Gasteiger partial charge in [0.25, 0.3) is 0 Å². The molecule has 0 atom stereocenters. The normalized spacial score (nSPS) is 11.3. The van der Waals surface area contributed by atoms with Crippen molar-refractivity contribution in [3.63, 3.8) is 0 Å². The molecule has 7 aromatic rings. The minimum atomic E-state index is 0.931. The van der Waals surface area contributed by atoms with Crippen LogP contribution in [0.25, 0.3) is 56.0 Å². The first kappa shape index (κ1) is 20.4. The van der Waals surface area contributed by atoms with Gasteiger partial charge in [-0.2, -0.15) is 0 Å². The molecule has 0 radical (unpaired) electrons. The van der Waals surface area contributed by atoms with E-state index in [9.17, 15) is 0 Å². The molecule has 7 rings (SSSR count). The molecule has 4 heteroatoms. The van der Waals surface area contributed by atoms with Crippen molar-refractivity contribution in [2.45, 2.75) is 0 Å². The summed E-state index contributed by atoms with van der Waals surface area (Å²) in [6, 6.07) is 44.1. The highest BCUT2D eigenvalue weighted by Crippen LogP contribution is 2.35. The third kappa shape index (κ3) is 3.31. The van der Waals surface area contributed by atoms with Gasteiger partial charge in [0, 0.05) is 16.8 Å². The zero-order chi connectivity index (χ0) is 23.9. The number of nitrogens with zero attached hydrogens (tertiary/aromatic N) is 4. The summed E-state index contributed by atoms with van der Waals surface area (Å²) < 4.78 is 4.42. The van der Waals surface area contributed by atoms with E-state index < -0.39 is 0 Å². The van der Waals surface area contributed by atoms with Crippen molar-refractivity contribution in [3.8, 4) is 33.9 Å². The predicted molar refractivity (Wildman–Crippen MR) is 147 cm³/mol. The monoisotopic (exact) mass is 462 g/mol. The highest BCUT2D eigenvalue weighted by Gasteiger charge is 2.17. The van der Waals surface area contributed by atoms with Crippen molar-refractivity contribution in [2.75, 3.05) is 0 Å². The van der Waals surface area contributed by atoms with Crippen LogP contribution in [0.15, 0.2) is 134 Å². The highest BCUT2D eigenvalue weighted by atomic mass is 15.1. The van der Waals surface area contributed by atoms with Gasteiger partial charge < -0.3 is 0 Å². The molecule has 0 fully saturated rings. The average molecular weight is 463 g/mol. The lowest BCUT2D eigenvalue weighted by molar-refractivity contribution is 1.09. The summed E-state index contributed by atoms with van der Waals surface area (Å²) in [5.74, 6) is 0.931. The van der Waals surface area contributed by atoms with E-state index in [1.165, 1.54) is 0 Å². The molecule has 2 heterocycles. The summed E-state index contributed by atoms with van der Waals surface area (Å²) in [5.41, 5.74) is 9.68. The van der Waals surface area contributed by atoms with Crippen molar-refractivity contribution in [3.05, 3.63) is 134 Å². The Morgan fingerprint density at radius 2 is 1.22 bits per heavy atom. The van der Waals surface area contributed by atoms with Crippen LogP contribution in [0.1, 0.15) is 0 Å². The zero-order valence-electron chi connectivity index (χ0n) is 19.5. The number of aromatic nitrogens is 4. The molecule has 0 aliphatic heterocycles. The van der Waals surface area contributed by atoms with Crippen LogP contribution in [0.4, 0.5) is 0 Å². The molecule has 0 N–H and O–H groups in total. The Morgan fingerprint density at radius 3 is 2.11 bits per heavy atom. The summed E-state index contributed by atoms with van der Waals surface area (Å²) in [5, 5.41) is 0. The van der Waals surface area contributed by atoms with Crippen LogP contribution in [0.5, 0.6) is 0 Å². The molecule has 4 nitrogen and oxygen atoms in total. The fraction of sp³-hybridized carbons (Fsp3) is 0. The van der Waals surface area contributed by atoms with Crippen LogP contribution in [0.2, 0.25) is 0 Å². The molecule has 0 aliphatic rings. The standard InChI is InChI=1S/C32H22N4/c1-2-11-23(12-3-1)32-34-28-17-6-9-20-31(28)36(32)29-18-7-4-15-26(29)24-13-10-14-25(21-24)35-22-33-27-16-5-8-19-30(27)35/h1-22H. The largest absolute Gasteiger partial charge is 0.299 e. The van der Waals surface area contributed by atoms with Crippen LogP contribution in [-0.4, -0.2) is 19.1 Å². The molecule has 0 amide bonds. The van der Waals surface area contributed by atoms with Crippen LogP contribution in [0.3, 0.4) is 0 Å². The minimum absolute atomic E-state index is 0.931. The Morgan fingerprint density at radius 1 is 0.528 bits per heavy atom. The molecule has 2 aromatic heterocycles. The molecule has 0 spiro atoms. The van der Waals surface area contributed by atoms with Gasteiger partial charge in [-0.15, -0.1) is 0 Å². The summed E-state index contributed by atoms with van der Waals surface area (Å²) in [7, 11) is 0. The van der Waals surface area contributed by atoms with E-state index in [1.807, 2.05) is 30.6 Å². The maximum atomic E-state index is 5.04. The predicted octanol–water partition coefficient (Wildman–Crippen LogP) is 7.70. The van der Waals surface area contributed by atoms with E-state index in [0.29, 0.717) is 0 Å². The highest BCUT2D eigenvalue weighted by molar-refractivity contribution is 5.87. The second-order valence-corrected chi connectivity index (χ2v) is 8.80. The Hall–Kier alpha value is -4.96. The summed E-state index contributed by atoms with van der Waals surface area (Å²) in [6.45, 7) is 0. The molecule has 5 aromatic carbocycles. The molecule has 0 aliphatic carbocycles. The third-order valence-corrected chi connectivity index (χ3v) is 6.63. The lowest BCUT2D eigenvalue weighted by Gasteiger charge is -2.16. The maximum Gasteiger partial charge on any atom is 0.145 e. The van der Waals surface area contributed by atoms with Gasteiger partial charge in [-0.05, 0) is 48.0 Å². The number of rotatable bonds is 4. The van der Waals surface area contributed by atoms with Gasteiger partial charge in [-0.25, -0.2) is 9.97 Å². The van der Waals surface area contributed by atoms with Crippen LogP contribution < -0.4 is 0 Å². The number of fused-ring (bicyclic) bond motifs is 2. The molecule has 0 unspecified atom stereocenters. The van der Waals surface area contributed by atoms with E-state index in [-0.39, 0.29) is 0 Å². The number of benzene rings is 5. The van der Waals surface area contributed by atoms with Crippen molar-refractivity contribution in [1.29, 1.82) is 0 Å². The lowest BCUT2D eigenvalue weighted by Crippen LogP contribution is -2.00. The van der Waals surface area contributed by atoms with Gasteiger partial charge >= 0.3 is 0 Å². The van der Waals surface area contributed by atoms with Gasteiger partial charge in [-0.3, -0.25) is 9.13 Å². The molecule has 0 saturated carbocycles. The lowest BCUT2D eigenvalue weighted by atomic mass is 10.0. The quantitative estimate of drug-likeness (QED) is 0.269. The van der Waals surface area contributed by atoms with Crippen molar-refractivity contribution < 1.29 is 0 Å². The summed E-state index contributed by atoms with van der Waals surface area (Å²) in [6.07, 6.45) is 1.90. The Balaban J connectivity index is 1.45. The van der Waals surface area contributed by atoms with E-state index in [2.05, 4.69) is 117 Å². The topological polar surface area (TPSA) is 35.6 Å². The minimum Gasteiger partial charge on any atom is -0.299 e. The van der Waals surface area contributed by atoms with Gasteiger partial charge in [0.05, 0.1) is 27.8 Å². The SMILES string of the molecule is c1ccc(-c2nc3ccccc3n2-c2ccccc2-c2cccc(-n3cnc4ccccc43)c2)cc1. The Bertz CT molecular complexity index is 1840. The molecular weight excluding hydrogens is 440 g/mol. The van der Waals surface area contributed by atoms with E-state index >= 15 is 0 Å². The number of hydrogen-bond donors (Lipinski definition) is 0. The fourth-order valence-electron chi connectivity index (χ4n) is 4.95. The van der Waals surface area contributed by atoms with Crippen LogP contribution in [0, 0.1) is 0 Å². The summed E-state index contributed by atoms with van der Waals surface area (Å²) in [4.78, 5) is 9.62. The van der Waals surface area contributed by atoms with Crippen LogP contribution in [-0.2, 0) is 0 Å². The molecule has 36 heavy (non-hydrogen) atoms. The van der Waals surface area contributed by atoms with Crippen LogP contribution >= 0.6 is 0 Å². The van der Waals surface area contributed by atoms with E-state index in [0.717, 1.165) is 56.0 Å². The molecular formula is C32H22N4. The number of hydrogen-bond acceptors (Lipinski definition) is 2. The number of imidazole rings is 2. The number of para-hydroxylation sites is 5. The van der Waals surface area contributed by atoms with E-state index in [4.69, 9.17) is 4.98 Å². The average Bonchev–Trinajstić information content (AvgIpc) is 3.56. The second kappa shape index (κ2) is 8.36. The van der Waals surface area contributed by atoms with E-state index in [1.54, 1.807) is 0 Å². The van der Waals surface area contributed by atoms with Crippen molar-refractivity contribution in [2.24, 2.45) is 0 Å².